The number of carboxylic acids is 1. The number of halogens is 1. The van der Waals surface area contributed by atoms with E-state index >= 15 is 0 Å². The molecule has 0 aliphatic heterocycles. The first kappa shape index (κ1) is 12.6. The molecule has 0 fully saturated rings. The summed E-state index contributed by atoms with van der Waals surface area (Å²) in [5, 5.41) is 16.5. The molecule has 0 bridgehead atoms. The van der Waals surface area contributed by atoms with Crippen molar-refractivity contribution < 1.29 is 9.90 Å². The minimum Gasteiger partial charge on any atom is -0.481 e. The molecule has 0 aliphatic carbocycles. The van der Waals surface area contributed by atoms with Crippen LogP contribution in [0.25, 0.3) is 0 Å². The highest BCUT2D eigenvalue weighted by atomic mass is 35.5. The van der Waals surface area contributed by atoms with E-state index < -0.39 is 11.4 Å². The van der Waals surface area contributed by atoms with E-state index in [4.69, 9.17) is 11.6 Å². The van der Waals surface area contributed by atoms with E-state index in [-0.39, 0.29) is 6.42 Å². The van der Waals surface area contributed by atoms with Gasteiger partial charge in [0, 0.05) is 6.42 Å². The Morgan fingerprint density at radius 2 is 2.11 bits per heavy atom. The average Bonchev–Trinajstić information content (AvgIpc) is 2.75. The molecule has 2 aromatic rings. The summed E-state index contributed by atoms with van der Waals surface area (Å²) >= 11 is 5.95. The van der Waals surface area contributed by atoms with Gasteiger partial charge in [-0.3, -0.25) is 9.89 Å². The highest BCUT2D eigenvalue weighted by Crippen LogP contribution is 2.30. The van der Waals surface area contributed by atoms with Crippen LogP contribution in [0.15, 0.2) is 36.5 Å². The number of nitrogens with zero attached hydrogens (tertiary/aromatic N) is 1. The van der Waals surface area contributed by atoms with Gasteiger partial charge in [0.2, 0.25) is 0 Å². The van der Waals surface area contributed by atoms with Gasteiger partial charge in [0.25, 0.3) is 0 Å². The Balaban J connectivity index is 2.40. The third-order valence-corrected chi connectivity index (χ3v) is 3.40. The monoisotopic (exact) mass is 264 g/mol. The van der Waals surface area contributed by atoms with Crippen molar-refractivity contribution in [1.29, 1.82) is 0 Å². The van der Waals surface area contributed by atoms with Crippen molar-refractivity contribution in [3.63, 3.8) is 0 Å². The van der Waals surface area contributed by atoms with Crippen molar-refractivity contribution in [2.75, 3.05) is 0 Å². The molecule has 4 nitrogen and oxygen atoms in total. The van der Waals surface area contributed by atoms with Gasteiger partial charge in [-0.1, -0.05) is 41.9 Å². The number of H-pyrrole nitrogens is 1. The highest BCUT2D eigenvalue weighted by Gasteiger charge is 2.36. The van der Waals surface area contributed by atoms with Crippen LogP contribution in [-0.4, -0.2) is 21.3 Å². The van der Waals surface area contributed by atoms with Crippen molar-refractivity contribution >= 4 is 17.6 Å². The van der Waals surface area contributed by atoms with Crippen molar-refractivity contribution in [3.05, 3.63) is 52.8 Å². The molecule has 0 saturated heterocycles. The molecular formula is C13H13ClN2O2. The van der Waals surface area contributed by atoms with E-state index in [1.807, 2.05) is 18.2 Å². The van der Waals surface area contributed by atoms with Crippen LogP contribution in [0.3, 0.4) is 0 Å². The number of benzene rings is 1. The number of hydrogen-bond acceptors (Lipinski definition) is 2. The smallest absolute Gasteiger partial charge is 0.314 e. The van der Waals surface area contributed by atoms with Crippen LogP contribution in [0.4, 0.5) is 0 Å². The Hall–Kier alpha value is -1.81. The van der Waals surface area contributed by atoms with Gasteiger partial charge >= 0.3 is 5.97 Å². The molecule has 0 aliphatic rings. The molecular weight excluding hydrogens is 252 g/mol. The molecule has 18 heavy (non-hydrogen) atoms. The van der Waals surface area contributed by atoms with E-state index in [2.05, 4.69) is 10.2 Å². The predicted octanol–water partition coefficient (Wildman–Crippen LogP) is 2.65. The van der Waals surface area contributed by atoms with Gasteiger partial charge in [0.1, 0.15) is 0 Å². The molecule has 1 heterocycles. The quantitative estimate of drug-likeness (QED) is 0.892. The standard InChI is InChI=1S/C13H13ClN2O2/c1-13(12(17)18,9-5-3-2-4-6-9)7-11-10(14)8-15-16-11/h2-6,8H,7H2,1H3,(H,15,16)(H,17,18). The highest BCUT2D eigenvalue weighted by molar-refractivity contribution is 6.31. The zero-order valence-corrected chi connectivity index (χ0v) is 10.6. The fourth-order valence-corrected chi connectivity index (χ4v) is 2.04. The summed E-state index contributed by atoms with van der Waals surface area (Å²) in [5.41, 5.74) is 0.339. The van der Waals surface area contributed by atoms with Gasteiger partial charge in [0.05, 0.1) is 22.3 Å². The topological polar surface area (TPSA) is 66.0 Å². The van der Waals surface area contributed by atoms with Crippen LogP contribution in [0.5, 0.6) is 0 Å². The molecule has 1 aromatic carbocycles. The molecule has 2 rings (SSSR count). The number of hydrogen-bond donors (Lipinski definition) is 2. The number of aliphatic carboxylic acids is 1. The lowest BCUT2D eigenvalue weighted by atomic mass is 9.78. The number of carbonyl (C=O) groups is 1. The number of nitrogens with one attached hydrogen (secondary N) is 1. The minimum atomic E-state index is -1.03. The van der Waals surface area contributed by atoms with Gasteiger partial charge < -0.3 is 5.11 Å². The Bertz CT molecular complexity index is 553. The first-order valence-corrected chi connectivity index (χ1v) is 5.88. The summed E-state index contributed by atoms with van der Waals surface area (Å²) in [7, 11) is 0. The minimum absolute atomic E-state index is 0.269. The SMILES string of the molecule is CC(Cc1[nH]ncc1Cl)(C(=O)O)c1ccccc1. The Labute approximate surface area is 110 Å². The van der Waals surface area contributed by atoms with E-state index in [1.165, 1.54) is 6.20 Å². The lowest BCUT2D eigenvalue weighted by molar-refractivity contribution is -0.143. The summed E-state index contributed by atoms with van der Waals surface area (Å²) in [5.74, 6) is -0.889. The largest absolute Gasteiger partial charge is 0.481 e. The molecule has 0 saturated carbocycles. The molecule has 94 valence electrons. The molecule has 5 heteroatoms. The normalized spacial score (nSPS) is 14.1. The summed E-state index contributed by atoms with van der Waals surface area (Å²) in [6, 6.07) is 9.11. The summed E-state index contributed by atoms with van der Waals surface area (Å²) in [6.07, 6.45) is 1.75. The first-order chi connectivity index (χ1) is 8.54. The molecule has 0 radical (unpaired) electrons. The number of aromatic amines is 1. The van der Waals surface area contributed by atoms with Crippen molar-refractivity contribution in [2.24, 2.45) is 0 Å². The van der Waals surface area contributed by atoms with E-state index in [0.717, 1.165) is 5.56 Å². The second-order valence-corrected chi connectivity index (χ2v) is 4.78. The maximum atomic E-state index is 11.6. The van der Waals surface area contributed by atoms with Gasteiger partial charge in [-0.05, 0) is 12.5 Å². The summed E-state index contributed by atoms with van der Waals surface area (Å²) in [4.78, 5) is 11.6. The lowest BCUT2D eigenvalue weighted by Crippen LogP contribution is -2.35. The predicted molar refractivity (Wildman–Crippen MR) is 68.7 cm³/mol. The maximum Gasteiger partial charge on any atom is 0.314 e. The second kappa shape index (κ2) is 4.82. The summed E-state index contributed by atoms with van der Waals surface area (Å²) < 4.78 is 0. The fraction of sp³-hybridized carbons (Fsp3) is 0.231. The average molecular weight is 265 g/mol. The van der Waals surface area contributed by atoms with Crippen LogP contribution >= 0.6 is 11.6 Å². The molecule has 0 amide bonds. The Morgan fingerprint density at radius 3 is 2.61 bits per heavy atom. The maximum absolute atomic E-state index is 11.6. The fourth-order valence-electron chi connectivity index (χ4n) is 1.88. The number of carboxylic acid groups (broad SMARTS) is 1. The third-order valence-electron chi connectivity index (χ3n) is 3.08. The molecule has 1 aromatic heterocycles. The van der Waals surface area contributed by atoms with Gasteiger partial charge in [-0.2, -0.15) is 5.10 Å². The van der Waals surface area contributed by atoms with Crippen LogP contribution in [0, 0.1) is 0 Å². The van der Waals surface area contributed by atoms with E-state index in [9.17, 15) is 9.90 Å². The van der Waals surface area contributed by atoms with Gasteiger partial charge in [-0.15, -0.1) is 0 Å². The Kier molecular flexibility index (Phi) is 3.39. The third kappa shape index (κ3) is 2.24. The second-order valence-electron chi connectivity index (χ2n) is 4.38. The van der Waals surface area contributed by atoms with Crippen molar-refractivity contribution in [2.45, 2.75) is 18.8 Å². The van der Waals surface area contributed by atoms with Crippen LogP contribution in [-0.2, 0) is 16.6 Å². The van der Waals surface area contributed by atoms with E-state index in [0.29, 0.717) is 10.7 Å². The molecule has 0 spiro atoms. The molecule has 1 unspecified atom stereocenters. The van der Waals surface area contributed by atoms with Crippen molar-refractivity contribution in [1.82, 2.24) is 10.2 Å². The van der Waals surface area contributed by atoms with Crippen molar-refractivity contribution in [3.8, 4) is 0 Å². The number of aromatic nitrogens is 2. The first-order valence-electron chi connectivity index (χ1n) is 5.50. The van der Waals surface area contributed by atoms with Gasteiger partial charge in [0.15, 0.2) is 0 Å². The van der Waals surface area contributed by atoms with Crippen LogP contribution < -0.4 is 0 Å². The van der Waals surface area contributed by atoms with Crippen LogP contribution in [0.1, 0.15) is 18.2 Å². The van der Waals surface area contributed by atoms with Crippen LogP contribution in [0.2, 0.25) is 5.02 Å². The Morgan fingerprint density at radius 1 is 1.44 bits per heavy atom. The molecule has 2 N–H and O–H groups in total. The lowest BCUT2D eigenvalue weighted by Gasteiger charge is -2.24. The summed E-state index contributed by atoms with van der Waals surface area (Å²) in [6.45, 7) is 1.68. The zero-order chi connectivity index (χ0) is 13.2. The molecule has 1 atom stereocenters. The van der Waals surface area contributed by atoms with E-state index in [1.54, 1.807) is 19.1 Å². The van der Waals surface area contributed by atoms with Gasteiger partial charge in [-0.25, -0.2) is 0 Å². The number of rotatable bonds is 4. The zero-order valence-electron chi connectivity index (χ0n) is 9.85.